The molecule has 1 N–H and O–H groups in total. The number of hydrogen-bond acceptors (Lipinski definition) is 4. The molecule has 0 aromatic carbocycles. The van der Waals surface area contributed by atoms with Gasteiger partial charge in [0.1, 0.15) is 11.6 Å². The standard InChI is InChI=1S/C10H14FN3O2S/c11-9-2-3-10(13-8-9)12-4-6-14-5-1-7-17(14,15)16/h2-3,8H,1,4-7H2,(H,12,13). The van der Waals surface area contributed by atoms with Crippen LogP contribution < -0.4 is 5.32 Å². The third-order valence-corrected chi connectivity index (χ3v) is 4.55. The van der Waals surface area contributed by atoms with Crippen LogP contribution in [0.1, 0.15) is 6.42 Å². The number of hydrogen-bond donors (Lipinski definition) is 1. The maximum Gasteiger partial charge on any atom is 0.214 e. The highest BCUT2D eigenvalue weighted by Crippen LogP contribution is 2.12. The fourth-order valence-electron chi connectivity index (χ4n) is 1.73. The molecule has 0 saturated carbocycles. The van der Waals surface area contributed by atoms with Crippen LogP contribution in [0, 0.1) is 5.82 Å². The van der Waals surface area contributed by atoms with Crippen LogP contribution in [0.4, 0.5) is 10.2 Å². The Hall–Kier alpha value is -1.21. The summed E-state index contributed by atoms with van der Waals surface area (Å²) in [6, 6.07) is 2.83. The average molecular weight is 259 g/mol. The number of nitrogens with one attached hydrogen (secondary N) is 1. The van der Waals surface area contributed by atoms with E-state index in [1.807, 2.05) is 0 Å². The maximum absolute atomic E-state index is 12.6. The van der Waals surface area contributed by atoms with E-state index in [2.05, 4.69) is 10.3 Å². The first-order valence-corrected chi connectivity index (χ1v) is 7.02. The summed E-state index contributed by atoms with van der Waals surface area (Å²) in [5, 5.41) is 2.95. The highest BCUT2D eigenvalue weighted by molar-refractivity contribution is 7.89. The molecule has 17 heavy (non-hydrogen) atoms. The van der Waals surface area contributed by atoms with Gasteiger partial charge in [0, 0.05) is 19.6 Å². The lowest BCUT2D eigenvalue weighted by atomic mass is 10.4. The first-order valence-electron chi connectivity index (χ1n) is 5.41. The van der Waals surface area contributed by atoms with E-state index in [0.29, 0.717) is 31.9 Å². The molecule has 1 aliphatic heterocycles. The van der Waals surface area contributed by atoms with E-state index in [9.17, 15) is 12.8 Å². The number of halogens is 1. The summed E-state index contributed by atoms with van der Waals surface area (Å²) >= 11 is 0. The molecule has 0 unspecified atom stereocenters. The highest BCUT2D eigenvalue weighted by Gasteiger charge is 2.27. The van der Waals surface area contributed by atoms with Gasteiger partial charge in [0.25, 0.3) is 0 Å². The van der Waals surface area contributed by atoms with Gasteiger partial charge in [0.15, 0.2) is 0 Å². The highest BCUT2D eigenvalue weighted by atomic mass is 32.2. The zero-order valence-electron chi connectivity index (χ0n) is 9.26. The Labute approximate surface area is 99.7 Å². The van der Waals surface area contributed by atoms with Gasteiger partial charge in [-0.15, -0.1) is 0 Å². The van der Waals surface area contributed by atoms with Gasteiger partial charge in [-0.25, -0.2) is 22.1 Å². The molecule has 0 radical (unpaired) electrons. The van der Waals surface area contributed by atoms with Crippen LogP contribution in [0.2, 0.25) is 0 Å². The normalized spacial score (nSPS) is 19.4. The van der Waals surface area contributed by atoms with Crippen LogP contribution in [0.25, 0.3) is 0 Å². The predicted molar refractivity (Wildman–Crippen MR) is 62.7 cm³/mol. The number of anilines is 1. The van der Waals surface area contributed by atoms with Crippen LogP contribution in [-0.4, -0.2) is 43.1 Å². The Kier molecular flexibility index (Phi) is 3.58. The molecule has 2 rings (SSSR count). The molecule has 1 aromatic rings. The van der Waals surface area contributed by atoms with E-state index < -0.39 is 15.8 Å². The fourth-order valence-corrected chi connectivity index (χ4v) is 3.26. The van der Waals surface area contributed by atoms with Crippen molar-refractivity contribution in [1.82, 2.24) is 9.29 Å². The second kappa shape index (κ2) is 4.97. The third-order valence-electron chi connectivity index (χ3n) is 2.60. The SMILES string of the molecule is O=S1(=O)CCCN1CCNc1ccc(F)cn1. The van der Waals surface area contributed by atoms with E-state index in [0.717, 1.165) is 6.20 Å². The minimum atomic E-state index is -3.04. The molecule has 0 bridgehead atoms. The van der Waals surface area contributed by atoms with Crippen molar-refractivity contribution in [3.05, 3.63) is 24.1 Å². The summed E-state index contributed by atoms with van der Waals surface area (Å²) in [5.74, 6) is 0.391. The van der Waals surface area contributed by atoms with Crippen LogP contribution in [-0.2, 0) is 10.0 Å². The Morgan fingerprint density at radius 2 is 2.29 bits per heavy atom. The first kappa shape index (κ1) is 12.3. The molecule has 94 valence electrons. The van der Waals surface area contributed by atoms with E-state index in [4.69, 9.17) is 0 Å². The molecule has 2 heterocycles. The summed E-state index contributed by atoms with van der Waals surface area (Å²) in [7, 11) is -3.04. The topological polar surface area (TPSA) is 62.3 Å². The van der Waals surface area contributed by atoms with Gasteiger partial charge in [0.2, 0.25) is 10.0 Å². The predicted octanol–water partition coefficient (Wildman–Crippen LogP) is 0.668. The van der Waals surface area contributed by atoms with E-state index in [1.54, 1.807) is 0 Å². The number of sulfonamides is 1. The molecule has 1 aliphatic rings. The van der Waals surface area contributed by atoms with Crippen molar-refractivity contribution in [3.8, 4) is 0 Å². The number of pyridine rings is 1. The number of rotatable bonds is 4. The first-order chi connectivity index (χ1) is 8.08. The Morgan fingerprint density at radius 3 is 2.88 bits per heavy atom. The lowest BCUT2D eigenvalue weighted by Crippen LogP contribution is -2.30. The van der Waals surface area contributed by atoms with Crippen molar-refractivity contribution < 1.29 is 12.8 Å². The molecule has 0 aliphatic carbocycles. The molecule has 1 saturated heterocycles. The summed E-state index contributed by atoms with van der Waals surface area (Å²) in [6.45, 7) is 1.47. The molecule has 0 amide bonds. The van der Waals surface area contributed by atoms with Crippen molar-refractivity contribution in [3.63, 3.8) is 0 Å². The third kappa shape index (κ3) is 3.13. The van der Waals surface area contributed by atoms with Gasteiger partial charge >= 0.3 is 0 Å². The van der Waals surface area contributed by atoms with Gasteiger partial charge in [-0.1, -0.05) is 0 Å². The molecule has 0 spiro atoms. The smallest absolute Gasteiger partial charge is 0.214 e. The summed E-state index contributed by atoms with van der Waals surface area (Å²) in [4.78, 5) is 3.82. The van der Waals surface area contributed by atoms with Gasteiger partial charge < -0.3 is 5.32 Å². The second-order valence-corrected chi connectivity index (χ2v) is 5.95. The molecule has 0 atom stereocenters. The second-order valence-electron chi connectivity index (χ2n) is 3.86. The number of nitrogens with zero attached hydrogens (tertiary/aromatic N) is 2. The minimum absolute atomic E-state index is 0.238. The monoisotopic (exact) mass is 259 g/mol. The Morgan fingerprint density at radius 1 is 1.47 bits per heavy atom. The average Bonchev–Trinajstić information content (AvgIpc) is 2.61. The minimum Gasteiger partial charge on any atom is -0.369 e. The Bertz CT molecular complexity index is 475. The molecule has 5 nitrogen and oxygen atoms in total. The summed E-state index contributed by atoms with van der Waals surface area (Å²) in [6.07, 6.45) is 1.81. The van der Waals surface area contributed by atoms with E-state index >= 15 is 0 Å². The van der Waals surface area contributed by atoms with E-state index in [1.165, 1.54) is 16.4 Å². The molecule has 1 fully saturated rings. The largest absolute Gasteiger partial charge is 0.369 e. The van der Waals surface area contributed by atoms with Gasteiger partial charge in [0.05, 0.1) is 11.9 Å². The van der Waals surface area contributed by atoms with Crippen LogP contribution in [0.15, 0.2) is 18.3 Å². The van der Waals surface area contributed by atoms with Gasteiger partial charge in [-0.05, 0) is 18.6 Å². The van der Waals surface area contributed by atoms with Crippen LogP contribution >= 0.6 is 0 Å². The van der Waals surface area contributed by atoms with Crippen LogP contribution in [0.5, 0.6) is 0 Å². The van der Waals surface area contributed by atoms with Crippen LogP contribution in [0.3, 0.4) is 0 Å². The molecule has 7 heteroatoms. The number of aromatic nitrogens is 1. The zero-order chi connectivity index (χ0) is 12.3. The molecular weight excluding hydrogens is 245 g/mol. The quantitative estimate of drug-likeness (QED) is 0.863. The summed E-state index contributed by atoms with van der Waals surface area (Å²) < 4.78 is 37.0. The Balaban J connectivity index is 1.82. The molecule has 1 aromatic heterocycles. The molecular formula is C10H14FN3O2S. The van der Waals surface area contributed by atoms with E-state index in [-0.39, 0.29) is 5.75 Å². The zero-order valence-corrected chi connectivity index (χ0v) is 10.1. The fraction of sp³-hybridized carbons (Fsp3) is 0.500. The van der Waals surface area contributed by atoms with Crippen molar-refractivity contribution in [2.75, 3.05) is 30.7 Å². The van der Waals surface area contributed by atoms with Crippen molar-refractivity contribution in [1.29, 1.82) is 0 Å². The summed E-state index contributed by atoms with van der Waals surface area (Å²) in [5.41, 5.74) is 0. The lowest BCUT2D eigenvalue weighted by molar-refractivity contribution is 0.456. The maximum atomic E-state index is 12.6. The van der Waals surface area contributed by atoms with Gasteiger partial charge in [-0.3, -0.25) is 0 Å². The van der Waals surface area contributed by atoms with Gasteiger partial charge in [-0.2, -0.15) is 0 Å². The van der Waals surface area contributed by atoms with Crippen molar-refractivity contribution in [2.45, 2.75) is 6.42 Å². The van der Waals surface area contributed by atoms with Crippen molar-refractivity contribution in [2.24, 2.45) is 0 Å². The lowest BCUT2D eigenvalue weighted by Gasteiger charge is -2.14. The van der Waals surface area contributed by atoms with Crippen molar-refractivity contribution >= 4 is 15.8 Å².